The minimum absolute atomic E-state index is 0.0149. The zero-order valence-electron chi connectivity index (χ0n) is 16.0. The van der Waals surface area contributed by atoms with Gasteiger partial charge in [-0.2, -0.15) is 0 Å². The minimum Gasteiger partial charge on any atom is -0.361 e. The van der Waals surface area contributed by atoms with Crippen molar-refractivity contribution in [1.82, 2.24) is 20.0 Å². The Hall–Kier alpha value is -2.76. The number of hydrogen-bond donors (Lipinski definition) is 0. The number of piperidine rings is 1. The van der Waals surface area contributed by atoms with Crippen LogP contribution >= 0.6 is 0 Å². The Morgan fingerprint density at radius 1 is 1.33 bits per heavy atom. The first-order valence-corrected chi connectivity index (χ1v) is 9.50. The molecule has 0 aliphatic carbocycles. The van der Waals surface area contributed by atoms with Crippen molar-refractivity contribution in [1.29, 1.82) is 0 Å². The number of pyridine rings is 2. The van der Waals surface area contributed by atoms with E-state index >= 15 is 0 Å². The van der Waals surface area contributed by atoms with E-state index in [1.54, 1.807) is 6.20 Å². The van der Waals surface area contributed by atoms with E-state index in [0.717, 1.165) is 41.7 Å². The Morgan fingerprint density at radius 2 is 2.19 bits per heavy atom. The first-order valence-electron chi connectivity index (χ1n) is 9.50. The lowest BCUT2D eigenvalue weighted by Gasteiger charge is -2.32. The monoisotopic (exact) mass is 364 g/mol. The van der Waals surface area contributed by atoms with Gasteiger partial charge in [0.25, 0.3) is 5.91 Å². The van der Waals surface area contributed by atoms with E-state index in [0.29, 0.717) is 17.9 Å². The Labute approximate surface area is 158 Å². The van der Waals surface area contributed by atoms with Gasteiger partial charge in [-0.15, -0.1) is 0 Å². The Morgan fingerprint density at radius 3 is 3.00 bits per heavy atom. The molecule has 6 heteroatoms. The normalized spacial score (nSPS) is 17.6. The number of carbonyl (C=O) groups is 1. The molecule has 0 N–H and O–H groups in total. The van der Waals surface area contributed by atoms with Gasteiger partial charge in [-0.05, 0) is 43.9 Å². The summed E-state index contributed by atoms with van der Waals surface area (Å²) in [6.07, 6.45) is 5.65. The maximum absolute atomic E-state index is 13.2. The van der Waals surface area contributed by atoms with Crippen LogP contribution in [-0.2, 0) is 0 Å². The summed E-state index contributed by atoms with van der Waals surface area (Å²) >= 11 is 0. The van der Waals surface area contributed by atoms with Crippen molar-refractivity contribution in [2.45, 2.75) is 45.4 Å². The second-order valence-electron chi connectivity index (χ2n) is 7.55. The fourth-order valence-corrected chi connectivity index (χ4v) is 3.81. The van der Waals surface area contributed by atoms with Crippen molar-refractivity contribution in [3.05, 3.63) is 53.3 Å². The number of hydrogen-bond acceptors (Lipinski definition) is 5. The summed E-state index contributed by atoms with van der Waals surface area (Å²) in [5, 5.41) is 5.13. The Kier molecular flexibility index (Phi) is 4.64. The molecule has 0 spiro atoms. The number of likely N-dealkylation sites (tertiary alicyclic amines) is 1. The van der Waals surface area contributed by atoms with Crippen molar-refractivity contribution < 1.29 is 9.32 Å². The number of fused-ring (bicyclic) bond motifs is 1. The van der Waals surface area contributed by atoms with Gasteiger partial charge >= 0.3 is 0 Å². The smallest absolute Gasteiger partial charge is 0.259 e. The number of rotatable bonds is 3. The lowest BCUT2D eigenvalue weighted by molar-refractivity contribution is 0.0703. The highest BCUT2D eigenvalue weighted by Crippen LogP contribution is 2.30. The second kappa shape index (κ2) is 7.10. The molecule has 1 amide bonds. The third-order valence-electron chi connectivity index (χ3n) is 5.29. The highest BCUT2D eigenvalue weighted by molar-refractivity contribution is 5.96. The summed E-state index contributed by atoms with van der Waals surface area (Å²) in [6.45, 7) is 7.28. The van der Waals surface area contributed by atoms with Crippen molar-refractivity contribution in [2.24, 2.45) is 0 Å². The third kappa shape index (κ3) is 3.31. The molecule has 1 fully saturated rings. The van der Waals surface area contributed by atoms with E-state index in [1.165, 1.54) is 0 Å². The van der Waals surface area contributed by atoms with Gasteiger partial charge in [-0.1, -0.05) is 19.0 Å². The average Bonchev–Trinajstić information content (AvgIpc) is 3.09. The molecule has 0 radical (unpaired) electrons. The average molecular weight is 364 g/mol. The summed E-state index contributed by atoms with van der Waals surface area (Å²) in [4.78, 5) is 24.2. The Balaban J connectivity index is 1.59. The summed E-state index contributed by atoms with van der Waals surface area (Å²) in [5.74, 6) is 0.979. The van der Waals surface area contributed by atoms with Crippen LogP contribution in [0.2, 0.25) is 0 Å². The van der Waals surface area contributed by atoms with E-state index in [-0.39, 0.29) is 17.7 Å². The lowest BCUT2D eigenvalue weighted by atomic mass is 9.93. The van der Waals surface area contributed by atoms with Gasteiger partial charge in [-0.3, -0.25) is 14.8 Å². The lowest BCUT2D eigenvalue weighted by Crippen LogP contribution is -2.39. The van der Waals surface area contributed by atoms with E-state index in [2.05, 4.69) is 21.2 Å². The van der Waals surface area contributed by atoms with Crippen LogP contribution in [0, 0.1) is 6.92 Å². The number of carbonyl (C=O) groups excluding carboxylic acids is 1. The fraction of sp³-hybridized carbons (Fsp3) is 0.429. The van der Waals surface area contributed by atoms with Crippen LogP contribution in [-0.4, -0.2) is 39.0 Å². The van der Waals surface area contributed by atoms with Crippen molar-refractivity contribution in [3.63, 3.8) is 0 Å². The van der Waals surface area contributed by atoms with Crippen molar-refractivity contribution in [3.8, 4) is 0 Å². The molecule has 1 atom stereocenters. The number of nitrogens with zero attached hydrogens (tertiary/aromatic N) is 4. The van der Waals surface area contributed by atoms with Gasteiger partial charge < -0.3 is 9.42 Å². The molecule has 1 aliphatic heterocycles. The number of aromatic nitrogens is 3. The van der Waals surface area contributed by atoms with E-state index < -0.39 is 0 Å². The SMILES string of the molecule is Cc1onc(C(C)C)c1C(=O)N1CCCC(c2cc3ncccc3cn2)C1. The quantitative estimate of drug-likeness (QED) is 0.700. The van der Waals surface area contributed by atoms with Crippen LogP contribution in [0.5, 0.6) is 0 Å². The molecule has 1 unspecified atom stereocenters. The van der Waals surface area contributed by atoms with Gasteiger partial charge in [-0.25, -0.2) is 0 Å². The van der Waals surface area contributed by atoms with Gasteiger partial charge in [0.05, 0.1) is 11.2 Å². The number of aryl methyl sites for hydroxylation is 1. The van der Waals surface area contributed by atoms with E-state index in [1.807, 2.05) is 44.0 Å². The van der Waals surface area contributed by atoms with E-state index in [9.17, 15) is 4.79 Å². The van der Waals surface area contributed by atoms with Crippen LogP contribution in [0.15, 0.2) is 35.1 Å². The maximum Gasteiger partial charge on any atom is 0.259 e. The molecule has 3 aromatic heterocycles. The van der Waals surface area contributed by atoms with Gasteiger partial charge in [0.2, 0.25) is 0 Å². The summed E-state index contributed by atoms with van der Waals surface area (Å²) in [5.41, 5.74) is 3.32. The molecule has 27 heavy (non-hydrogen) atoms. The molecule has 0 bridgehead atoms. The second-order valence-corrected chi connectivity index (χ2v) is 7.55. The highest BCUT2D eigenvalue weighted by Gasteiger charge is 2.31. The molecule has 4 heterocycles. The largest absolute Gasteiger partial charge is 0.361 e. The third-order valence-corrected chi connectivity index (χ3v) is 5.29. The van der Waals surface area contributed by atoms with Crippen LogP contribution in [0.4, 0.5) is 0 Å². The van der Waals surface area contributed by atoms with Gasteiger partial charge in [0.15, 0.2) is 0 Å². The van der Waals surface area contributed by atoms with Crippen molar-refractivity contribution in [2.75, 3.05) is 13.1 Å². The summed E-state index contributed by atoms with van der Waals surface area (Å²) in [6, 6.07) is 5.98. The standard InChI is InChI=1S/C21H24N4O2/c1-13(2)20-19(14(3)27-24-20)21(26)25-9-5-7-16(12-25)18-10-17-15(11-23-18)6-4-8-22-17/h4,6,8,10-11,13,16H,5,7,9,12H2,1-3H3. The van der Waals surface area contributed by atoms with E-state index in [4.69, 9.17) is 4.52 Å². The minimum atomic E-state index is 0.0149. The maximum atomic E-state index is 13.2. The molecule has 4 rings (SSSR count). The molecule has 1 aliphatic rings. The predicted octanol–water partition coefficient (Wildman–Crippen LogP) is 4.07. The first kappa shape index (κ1) is 17.6. The first-order chi connectivity index (χ1) is 13.0. The zero-order valence-corrected chi connectivity index (χ0v) is 16.0. The van der Waals surface area contributed by atoms with Crippen LogP contribution in [0.1, 0.15) is 66.0 Å². The topological polar surface area (TPSA) is 72.1 Å². The highest BCUT2D eigenvalue weighted by atomic mass is 16.5. The van der Waals surface area contributed by atoms with Gasteiger partial charge in [0.1, 0.15) is 11.3 Å². The predicted molar refractivity (Wildman–Crippen MR) is 103 cm³/mol. The summed E-state index contributed by atoms with van der Waals surface area (Å²) in [7, 11) is 0. The molecule has 0 aromatic carbocycles. The zero-order chi connectivity index (χ0) is 19.0. The van der Waals surface area contributed by atoms with Gasteiger partial charge in [0, 0.05) is 42.5 Å². The van der Waals surface area contributed by atoms with Crippen molar-refractivity contribution >= 4 is 16.8 Å². The molecule has 3 aromatic rings. The number of amides is 1. The Bertz CT molecular complexity index is 979. The fourth-order valence-electron chi connectivity index (χ4n) is 3.81. The molecular formula is C21H24N4O2. The summed E-state index contributed by atoms with van der Waals surface area (Å²) < 4.78 is 5.31. The molecule has 140 valence electrons. The van der Waals surface area contributed by atoms with Crippen LogP contribution in [0.3, 0.4) is 0 Å². The molecule has 1 saturated heterocycles. The molecule has 0 saturated carbocycles. The molecule has 6 nitrogen and oxygen atoms in total. The van der Waals surface area contributed by atoms with Crippen LogP contribution < -0.4 is 0 Å². The molecular weight excluding hydrogens is 340 g/mol. The van der Waals surface area contributed by atoms with Crippen LogP contribution in [0.25, 0.3) is 10.9 Å².